The second-order valence-electron chi connectivity index (χ2n) is 5.52. The second kappa shape index (κ2) is 5.30. The van der Waals surface area contributed by atoms with Gasteiger partial charge >= 0.3 is 12.3 Å². The Labute approximate surface area is 134 Å². The number of nitrogens with one attached hydrogen (secondary N) is 2. The zero-order valence-electron chi connectivity index (χ0n) is 11.7. The summed E-state index contributed by atoms with van der Waals surface area (Å²) in [6.45, 7) is -0.896. The van der Waals surface area contributed by atoms with Crippen molar-refractivity contribution in [1.82, 2.24) is 5.32 Å². The molecule has 1 heterocycles. The van der Waals surface area contributed by atoms with Crippen LogP contribution in [0.3, 0.4) is 0 Å². The van der Waals surface area contributed by atoms with E-state index in [1.54, 1.807) is 0 Å². The SMILES string of the molecule is O=C1Nc2ccc(Cl)cc2C(CNC(=O)C2CC2)(C(F)(F)F)O1. The van der Waals surface area contributed by atoms with E-state index >= 15 is 0 Å². The third-order valence-electron chi connectivity index (χ3n) is 3.84. The van der Waals surface area contributed by atoms with E-state index < -0.39 is 30.3 Å². The van der Waals surface area contributed by atoms with Crippen LogP contribution in [0.15, 0.2) is 18.2 Å². The molecule has 0 bridgehead atoms. The zero-order chi connectivity index (χ0) is 16.8. The van der Waals surface area contributed by atoms with Crippen molar-refractivity contribution in [3.8, 4) is 0 Å². The first-order chi connectivity index (χ1) is 10.7. The van der Waals surface area contributed by atoms with Gasteiger partial charge in [0.1, 0.15) is 0 Å². The van der Waals surface area contributed by atoms with Crippen LogP contribution in [0.5, 0.6) is 0 Å². The molecule has 1 atom stereocenters. The largest absolute Gasteiger partial charge is 0.434 e. The van der Waals surface area contributed by atoms with Crippen LogP contribution in [0.1, 0.15) is 18.4 Å². The molecular formula is C14H12ClF3N2O3. The monoisotopic (exact) mass is 348 g/mol. The molecule has 1 unspecified atom stereocenters. The Morgan fingerprint density at radius 3 is 2.74 bits per heavy atom. The molecule has 9 heteroatoms. The van der Waals surface area contributed by atoms with Gasteiger partial charge in [-0.1, -0.05) is 11.6 Å². The molecule has 0 spiro atoms. The highest BCUT2D eigenvalue weighted by atomic mass is 35.5. The molecule has 2 amide bonds. The maximum Gasteiger partial charge on any atom is 0.434 e. The van der Waals surface area contributed by atoms with Crippen molar-refractivity contribution in [3.05, 3.63) is 28.8 Å². The smallest absolute Gasteiger partial charge is 0.426 e. The van der Waals surface area contributed by atoms with Gasteiger partial charge in [-0.15, -0.1) is 0 Å². The van der Waals surface area contributed by atoms with Crippen LogP contribution in [0.25, 0.3) is 0 Å². The van der Waals surface area contributed by atoms with Crippen molar-refractivity contribution in [2.24, 2.45) is 5.92 Å². The lowest BCUT2D eigenvalue weighted by Gasteiger charge is -2.39. The molecule has 23 heavy (non-hydrogen) atoms. The van der Waals surface area contributed by atoms with E-state index in [-0.39, 0.29) is 22.2 Å². The molecule has 1 aliphatic carbocycles. The van der Waals surface area contributed by atoms with Gasteiger partial charge in [0.25, 0.3) is 5.60 Å². The number of carbonyl (C=O) groups excluding carboxylic acids is 2. The van der Waals surface area contributed by atoms with Crippen molar-refractivity contribution in [1.29, 1.82) is 0 Å². The molecule has 1 aromatic rings. The van der Waals surface area contributed by atoms with Crippen molar-refractivity contribution >= 4 is 29.3 Å². The summed E-state index contributed by atoms with van der Waals surface area (Å²) in [5, 5.41) is 4.50. The molecule has 0 aromatic heterocycles. The molecule has 2 aliphatic rings. The van der Waals surface area contributed by atoms with E-state index in [1.807, 2.05) is 0 Å². The summed E-state index contributed by atoms with van der Waals surface area (Å²) in [5.74, 6) is -0.747. The molecule has 0 radical (unpaired) electrons. The Kier molecular flexibility index (Phi) is 3.66. The average Bonchev–Trinajstić information content (AvgIpc) is 3.28. The van der Waals surface area contributed by atoms with Gasteiger partial charge in [0.2, 0.25) is 5.91 Å². The Balaban J connectivity index is 2.02. The number of rotatable bonds is 3. The summed E-state index contributed by atoms with van der Waals surface area (Å²) in [4.78, 5) is 23.3. The van der Waals surface area contributed by atoms with Gasteiger partial charge in [-0.05, 0) is 31.0 Å². The highest BCUT2D eigenvalue weighted by molar-refractivity contribution is 6.30. The van der Waals surface area contributed by atoms with Crippen molar-refractivity contribution in [2.75, 3.05) is 11.9 Å². The summed E-state index contributed by atoms with van der Waals surface area (Å²) in [6, 6.07) is 3.70. The number of alkyl halides is 3. The summed E-state index contributed by atoms with van der Waals surface area (Å²) >= 11 is 5.79. The Morgan fingerprint density at radius 1 is 1.43 bits per heavy atom. The fourth-order valence-corrected chi connectivity index (χ4v) is 2.62. The number of hydrogen-bond acceptors (Lipinski definition) is 3. The van der Waals surface area contributed by atoms with Gasteiger partial charge < -0.3 is 10.1 Å². The summed E-state index contributed by atoms with van der Waals surface area (Å²) in [5.41, 5.74) is -3.36. The quantitative estimate of drug-likeness (QED) is 0.881. The van der Waals surface area contributed by atoms with E-state index in [9.17, 15) is 22.8 Å². The molecule has 1 aromatic carbocycles. The van der Waals surface area contributed by atoms with Crippen LogP contribution in [-0.4, -0.2) is 24.7 Å². The number of amides is 2. The zero-order valence-corrected chi connectivity index (χ0v) is 12.4. The summed E-state index contributed by atoms with van der Waals surface area (Å²) in [6.07, 6.45) is -4.87. The van der Waals surface area contributed by atoms with E-state index in [0.717, 1.165) is 6.07 Å². The van der Waals surface area contributed by atoms with E-state index in [1.165, 1.54) is 12.1 Å². The van der Waals surface area contributed by atoms with Crippen LogP contribution in [-0.2, 0) is 15.1 Å². The first-order valence-electron chi connectivity index (χ1n) is 6.87. The minimum atomic E-state index is -4.93. The molecule has 1 fully saturated rings. The minimum Gasteiger partial charge on any atom is -0.426 e. The number of ether oxygens (including phenoxy) is 1. The number of hydrogen-bond donors (Lipinski definition) is 2. The third kappa shape index (κ3) is 2.83. The second-order valence-corrected chi connectivity index (χ2v) is 5.96. The number of fused-ring (bicyclic) bond motifs is 1. The van der Waals surface area contributed by atoms with Crippen LogP contribution in [0.2, 0.25) is 5.02 Å². The van der Waals surface area contributed by atoms with Gasteiger partial charge in [-0.3, -0.25) is 10.1 Å². The predicted molar refractivity (Wildman–Crippen MR) is 75.0 cm³/mol. The lowest BCUT2D eigenvalue weighted by Crippen LogP contribution is -2.56. The standard InChI is InChI=1S/C14H12ClF3N2O3/c15-8-3-4-10-9(5-8)13(14(16,17)18,23-12(22)20-10)6-19-11(21)7-1-2-7/h3-5,7H,1-2,6H2,(H,19,21)(H,20,22). The molecule has 2 N–H and O–H groups in total. The fourth-order valence-electron chi connectivity index (χ4n) is 2.45. The van der Waals surface area contributed by atoms with Crippen molar-refractivity contribution in [2.45, 2.75) is 24.6 Å². The fraction of sp³-hybridized carbons (Fsp3) is 0.429. The molecule has 1 aliphatic heterocycles. The van der Waals surface area contributed by atoms with Gasteiger partial charge in [0.05, 0.1) is 12.2 Å². The molecule has 5 nitrogen and oxygen atoms in total. The Bertz CT molecular complexity index is 676. The van der Waals surface area contributed by atoms with E-state index in [4.69, 9.17) is 11.6 Å². The number of cyclic esters (lactones) is 1. The van der Waals surface area contributed by atoms with Crippen LogP contribution < -0.4 is 10.6 Å². The van der Waals surface area contributed by atoms with Crippen LogP contribution >= 0.6 is 11.6 Å². The van der Waals surface area contributed by atoms with Gasteiger partial charge in [0, 0.05) is 16.5 Å². The van der Waals surface area contributed by atoms with Gasteiger partial charge in [-0.2, -0.15) is 13.2 Å². The van der Waals surface area contributed by atoms with Crippen LogP contribution in [0.4, 0.5) is 23.7 Å². The maximum atomic E-state index is 13.7. The number of carbonyl (C=O) groups is 2. The molecule has 0 saturated heterocycles. The Hall–Kier alpha value is -1.96. The van der Waals surface area contributed by atoms with E-state index in [0.29, 0.717) is 12.8 Å². The molecule has 124 valence electrons. The predicted octanol–water partition coefficient (Wildman–Crippen LogP) is 3.19. The number of anilines is 1. The van der Waals surface area contributed by atoms with Gasteiger partial charge in [-0.25, -0.2) is 4.79 Å². The third-order valence-corrected chi connectivity index (χ3v) is 4.07. The van der Waals surface area contributed by atoms with Crippen molar-refractivity contribution < 1.29 is 27.5 Å². The van der Waals surface area contributed by atoms with E-state index in [2.05, 4.69) is 15.4 Å². The average molecular weight is 349 g/mol. The molecule has 3 rings (SSSR count). The lowest BCUT2D eigenvalue weighted by atomic mass is 9.89. The van der Waals surface area contributed by atoms with Crippen molar-refractivity contribution in [3.63, 3.8) is 0 Å². The number of halogens is 4. The van der Waals surface area contributed by atoms with Crippen LogP contribution in [0, 0.1) is 5.92 Å². The summed E-state index contributed by atoms with van der Waals surface area (Å²) < 4.78 is 45.9. The number of benzene rings is 1. The Morgan fingerprint density at radius 2 is 2.13 bits per heavy atom. The summed E-state index contributed by atoms with van der Waals surface area (Å²) in [7, 11) is 0. The first-order valence-corrected chi connectivity index (χ1v) is 7.25. The topological polar surface area (TPSA) is 67.4 Å². The normalized spacial score (nSPS) is 23.6. The molecular weight excluding hydrogens is 337 g/mol. The first kappa shape index (κ1) is 15.9. The maximum absolute atomic E-state index is 13.7. The molecule has 1 saturated carbocycles. The minimum absolute atomic E-state index is 0.0522. The lowest BCUT2D eigenvalue weighted by molar-refractivity contribution is -0.262. The highest BCUT2D eigenvalue weighted by Crippen LogP contribution is 2.48. The highest BCUT2D eigenvalue weighted by Gasteiger charge is 2.62. The van der Waals surface area contributed by atoms with Gasteiger partial charge in [0.15, 0.2) is 0 Å².